The molecule has 0 aromatic carbocycles. The van der Waals surface area contributed by atoms with Crippen molar-refractivity contribution in [2.24, 2.45) is 0 Å². The fourth-order valence-electron chi connectivity index (χ4n) is 1.31. The van der Waals surface area contributed by atoms with Gasteiger partial charge in [0.2, 0.25) is 0 Å². The summed E-state index contributed by atoms with van der Waals surface area (Å²) in [5.41, 5.74) is 1.87. The van der Waals surface area contributed by atoms with Crippen molar-refractivity contribution in [1.82, 2.24) is 9.97 Å². The lowest BCUT2D eigenvalue weighted by atomic mass is 10.2. The van der Waals surface area contributed by atoms with Crippen molar-refractivity contribution in [3.05, 3.63) is 23.3 Å². The molecule has 0 unspecified atom stereocenters. The number of hydrogen-bond donors (Lipinski definition) is 1. The summed E-state index contributed by atoms with van der Waals surface area (Å²) in [6.45, 7) is 3.82. The Labute approximate surface area is 83.0 Å². The lowest BCUT2D eigenvalue weighted by Gasteiger charge is -2.01. The van der Waals surface area contributed by atoms with Gasteiger partial charge in [0, 0.05) is 24.2 Å². The smallest absolute Gasteiger partial charge is 0.303 e. The van der Waals surface area contributed by atoms with Crippen LogP contribution in [0.25, 0.3) is 0 Å². The molecule has 0 radical (unpaired) electrons. The number of aliphatic carboxylic acids is 1. The molecule has 4 heteroatoms. The largest absolute Gasteiger partial charge is 0.481 e. The zero-order chi connectivity index (χ0) is 10.6. The predicted molar refractivity (Wildman–Crippen MR) is 52.1 cm³/mol. The van der Waals surface area contributed by atoms with Crippen LogP contribution < -0.4 is 0 Å². The molecule has 0 fully saturated rings. The molecule has 0 aliphatic rings. The quantitative estimate of drug-likeness (QED) is 0.789. The SMILES string of the molecule is Cc1cc(C)nc(CCCC(=O)O)n1. The van der Waals surface area contributed by atoms with Crippen LogP contribution in [-0.4, -0.2) is 21.0 Å². The van der Waals surface area contributed by atoms with Gasteiger partial charge < -0.3 is 5.11 Å². The van der Waals surface area contributed by atoms with Crippen molar-refractivity contribution in [3.63, 3.8) is 0 Å². The zero-order valence-corrected chi connectivity index (χ0v) is 8.45. The van der Waals surface area contributed by atoms with Gasteiger partial charge in [-0.05, 0) is 26.3 Å². The van der Waals surface area contributed by atoms with Crippen molar-refractivity contribution in [3.8, 4) is 0 Å². The minimum Gasteiger partial charge on any atom is -0.481 e. The molecule has 0 amide bonds. The molecule has 76 valence electrons. The zero-order valence-electron chi connectivity index (χ0n) is 8.45. The topological polar surface area (TPSA) is 63.1 Å². The van der Waals surface area contributed by atoms with E-state index in [1.807, 2.05) is 19.9 Å². The molecule has 0 atom stereocenters. The van der Waals surface area contributed by atoms with Crippen LogP contribution in [0.1, 0.15) is 30.1 Å². The van der Waals surface area contributed by atoms with E-state index in [0.29, 0.717) is 12.8 Å². The number of rotatable bonds is 4. The average Bonchev–Trinajstić information content (AvgIpc) is 2.01. The van der Waals surface area contributed by atoms with E-state index in [1.54, 1.807) is 0 Å². The van der Waals surface area contributed by atoms with E-state index in [-0.39, 0.29) is 6.42 Å². The second-order valence-corrected chi connectivity index (χ2v) is 3.31. The Hall–Kier alpha value is -1.45. The monoisotopic (exact) mass is 194 g/mol. The number of nitrogens with zero attached hydrogens (tertiary/aromatic N) is 2. The van der Waals surface area contributed by atoms with Crippen LogP contribution >= 0.6 is 0 Å². The molecule has 14 heavy (non-hydrogen) atoms. The van der Waals surface area contributed by atoms with Crippen LogP contribution in [0.3, 0.4) is 0 Å². The van der Waals surface area contributed by atoms with E-state index in [2.05, 4.69) is 9.97 Å². The van der Waals surface area contributed by atoms with Crippen LogP contribution in [-0.2, 0) is 11.2 Å². The highest BCUT2D eigenvalue weighted by Crippen LogP contribution is 2.03. The molecule has 1 N–H and O–H groups in total. The number of aryl methyl sites for hydroxylation is 3. The normalized spacial score (nSPS) is 10.1. The molecule has 1 aromatic rings. The van der Waals surface area contributed by atoms with Crippen LogP contribution in [0, 0.1) is 13.8 Å². The number of carbonyl (C=O) groups is 1. The fraction of sp³-hybridized carbons (Fsp3) is 0.500. The van der Waals surface area contributed by atoms with E-state index in [9.17, 15) is 4.79 Å². The number of carboxylic acid groups (broad SMARTS) is 1. The molecular formula is C10H14N2O2. The van der Waals surface area contributed by atoms with Gasteiger partial charge in [0.1, 0.15) is 5.82 Å². The lowest BCUT2D eigenvalue weighted by Crippen LogP contribution is -2.01. The van der Waals surface area contributed by atoms with Gasteiger partial charge in [-0.1, -0.05) is 0 Å². The first-order valence-electron chi connectivity index (χ1n) is 4.61. The van der Waals surface area contributed by atoms with E-state index < -0.39 is 5.97 Å². The molecule has 0 spiro atoms. The standard InChI is InChI=1S/C10H14N2O2/c1-7-6-8(2)12-9(11-7)4-3-5-10(13)14/h6H,3-5H2,1-2H3,(H,13,14). The summed E-state index contributed by atoms with van der Waals surface area (Å²) in [7, 11) is 0. The maximum Gasteiger partial charge on any atom is 0.303 e. The molecule has 1 rings (SSSR count). The third kappa shape index (κ3) is 3.51. The molecule has 0 saturated carbocycles. The summed E-state index contributed by atoms with van der Waals surface area (Å²) in [5.74, 6) is -0.0295. The third-order valence-corrected chi connectivity index (χ3v) is 1.82. The van der Waals surface area contributed by atoms with Crippen LogP contribution in [0.2, 0.25) is 0 Å². The Morgan fingerprint density at radius 1 is 1.36 bits per heavy atom. The van der Waals surface area contributed by atoms with Gasteiger partial charge in [0.15, 0.2) is 0 Å². The first kappa shape index (κ1) is 10.6. The Morgan fingerprint density at radius 3 is 2.43 bits per heavy atom. The number of hydrogen-bond acceptors (Lipinski definition) is 3. The average molecular weight is 194 g/mol. The van der Waals surface area contributed by atoms with Crippen LogP contribution in [0.5, 0.6) is 0 Å². The summed E-state index contributed by atoms with van der Waals surface area (Å²) >= 11 is 0. The molecule has 4 nitrogen and oxygen atoms in total. The molecule has 1 aromatic heterocycles. The second kappa shape index (κ2) is 4.69. The van der Waals surface area contributed by atoms with E-state index in [0.717, 1.165) is 17.2 Å². The van der Waals surface area contributed by atoms with Gasteiger partial charge in [-0.25, -0.2) is 9.97 Å². The molecule has 0 bridgehead atoms. The lowest BCUT2D eigenvalue weighted by molar-refractivity contribution is -0.137. The predicted octanol–water partition coefficient (Wildman–Crippen LogP) is 1.50. The Balaban J connectivity index is 2.54. The van der Waals surface area contributed by atoms with Crippen molar-refractivity contribution >= 4 is 5.97 Å². The number of aromatic nitrogens is 2. The highest BCUT2D eigenvalue weighted by Gasteiger charge is 2.01. The third-order valence-electron chi connectivity index (χ3n) is 1.82. The molecule has 0 saturated heterocycles. The first-order chi connectivity index (χ1) is 6.58. The van der Waals surface area contributed by atoms with Crippen molar-refractivity contribution in [2.75, 3.05) is 0 Å². The molecule has 1 heterocycles. The summed E-state index contributed by atoms with van der Waals surface area (Å²) in [6.07, 6.45) is 1.41. The van der Waals surface area contributed by atoms with Gasteiger partial charge in [-0.3, -0.25) is 4.79 Å². The molecular weight excluding hydrogens is 180 g/mol. The van der Waals surface area contributed by atoms with Crippen molar-refractivity contribution < 1.29 is 9.90 Å². The fourth-order valence-corrected chi connectivity index (χ4v) is 1.31. The van der Waals surface area contributed by atoms with Gasteiger partial charge in [-0.2, -0.15) is 0 Å². The minimum absolute atomic E-state index is 0.177. The summed E-state index contributed by atoms with van der Waals surface area (Å²) < 4.78 is 0. The highest BCUT2D eigenvalue weighted by atomic mass is 16.4. The number of carboxylic acids is 1. The summed E-state index contributed by atoms with van der Waals surface area (Å²) in [6, 6.07) is 1.90. The van der Waals surface area contributed by atoms with Gasteiger partial charge in [-0.15, -0.1) is 0 Å². The van der Waals surface area contributed by atoms with Crippen LogP contribution in [0.15, 0.2) is 6.07 Å². The second-order valence-electron chi connectivity index (χ2n) is 3.31. The van der Waals surface area contributed by atoms with Gasteiger partial charge >= 0.3 is 5.97 Å². The van der Waals surface area contributed by atoms with Gasteiger partial charge in [0.25, 0.3) is 0 Å². The molecule has 0 aliphatic carbocycles. The summed E-state index contributed by atoms with van der Waals surface area (Å²) in [5, 5.41) is 8.46. The van der Waals surface area contributed by atoms with Crippen LogP contribution in [0.4, 0.5) is 0 Å². The Morgan fingerprint density at radius 2 is 1.93 bits per heavy atom. The van der Waals surface area contributed by atoms with E-state index in [4.69, 9.17) is 5.11 Å². The first-order valence-corrected chi connectivity index (χ1v) is 4.61. The molecule has 0 aliphatic heterocycles. The Kier molecular flexibility index (Phi) is 3.56. The minimum atomic E-state index is -0.769. The van der Waals surface area contributed by atoms with E-state index in [1.165, 1.54) is 0 Å². The van der Waals surface area contributed by atoms with Gasteiger partial charge in [0.05, 0.1) is 0 Å². The maximum absolute atomic E-state index is 10.3. The van der Waals surface area contributed by atoms with Crippen molar-refractivity contribution in [2.45, 2.75) is 33.1 Å². The maximum atomic E-state index is 10.3. The van der Waals surface area contributed by atoms with Crippen molar-refractivity contribution in [1.29, 1.82) is 0 Å². The highest BCUT2D eigenvalue weighted by molar-refractivity contribution is 5.66. The Bertz CT molecular complexity index is 317. The van der Waals surface area contributed by atoms with E-state index >= 15 is 0 Å². The summed E-state index contributed by atoms with van der Waals surface area (Å²) in [4.78, 5) is 18.7.